The van der Waals surface area contributed by atoms with Crippen molar-refractivity contribution in [1.82, 2.24) is 4.98 Å². The smallest absolute Gasteiger partial charge is 0.266 e. The summed E-state index contributed by atoms with van der Waals surface area (Å²) in [6, 6.07) is 7.13. The normalized spacial score (nSPS) is 10.2. The first-order valence-electron chi connectivity index (χ1n) is 4.36. The summed E-state index contributed by atoms with van der Waals surface area (Å²) in [5, 5.41) is 10.1. The van der Waals surface area contributed by atoms with E-state index in [1.165, 1.54) is 0 Å². The molecule has 0 fully saturated rings. The topological polar surface area (TPSA) is 56.6 Å². The third-order valence-electron chi connectivity index (χ3n) is 2.35. The van der Waals surface area contributed by atoms with Gasteiger partial charge in [-0.3, -0.25) is 4.79 Å². The van der Waals surface area contributed by atoms with Crippen molar-refractivity contribution in [3.8, 4) is 6.07 Å². The van der Waals surface area contributed by atoms with Crippen molar-refractivity contribution in [2.24, 2.45) is 0 Å². The van der Waals surface area contributed by atoms with E-state index in [0.29, 0.717) is 16.1 Å². The number of nitriles is 1. The molecule has 0 aliphatic carbocycles. The molecule has 0 atom stereocenters. The van der Waals surface area contributed by atoms with Crippen molar-refractivity contribution in [2.45, 2.75) is 6.92 Å². The Bertz CT molecular complexity index is 637. The van der Waals surface area contributed by atoms with E-state index in [9.17, 15) is 4.79 Å². The van der Waals surface area contributed by atoms with Crippen LogP contribution in [0.2, 0.25) is 5.02 Å². The summed E-state index contributed by atoms with van der Waals surface area (Å²) in [4.78, 5) is 14.1. The molecule has 1 aromatic heterocycles. The van der Waals surface area contributed by atoms with Gasteiger partial charge in [0, 0.05) is 5.39 Å². The Hall–Kier alpha value is -1.79. The predicted octanol–water partition coefficient (Wildman–Crippen LogP) is 2.36. The molecule has 1 heterocycles. The van der Waals surface area contributed by atoms with E-state index in [1.807, 2.05) is 6.07 Å². The van der Waals surface area contributed by atoms with Crippen LogP contribution in [0.25, 0.3) is 10.9 Å². The standard InChI is InChI=1S/C11H7ClN2O/c1-6-7(5-13)11(15)14-9-4-2-3-8(12)10(6)9/h2-4H,1H3,(H,14,15). The van der Waals surface area contributed by atoms with E-state index in [1.54, 1.807) is 25.1 Å². The zero-order valence-electron chi connectivity index (χ0n) is 7.97. The molecular weight excluding hydrogens is 212 g/mol. The van der Waals surface area contributed by atoms with Gasteiger partial charge in [-0.25, -0.2) is 0 Å². The molecule has 1 aromatic carbocycles. The van der Waals surface area contributed by atoms with Crippen LogP contribution in [0, 0.1) is 18.3 Å². The first-order valence-corrected chi connectivity index (χ1v) is 4.74. The summed E-state index contributed by atoms with van der Waals surface area (Å²) in [7, 11) is 0. The second-order valence-electron chi connectivity index (χ2n) is 3.23. The van der Waals surface area contributed by atoms with Gasteiger partial charge in [0.15, 0.2) is 0 Å². The van der Waals surface area contributed by atoms with Crippen LogP contribution in [0.4, 0.5) is 0 Å². The maximum absolute atomic E-state index is 11.5. The second-order valence-corrected chi connectivity index (χ2v) is 3.64. The van der Waals surface area contributed by atoms with Crippen molar-refractivity contribution < 1.29 is 0 Å². The minimum atomic E-state index is -0.371. The molecule has 2 rings (SSSR count). The number of aromatic amines is 1. The summed E-state index contributed by atoms with van der Waals surface area (Å²) in [5.41, 5.74) is 1.03. The van der Waals surface area contributed by atoms with Crippen LogP contribution in [0.3, 0.4) is 0 Å². The third kappa shape index (κ3) is 1.39. The van der Waals surface area contributed by atoms with E-state index in [4.69, 9.17) is 16.9 Å². The molecule has 15 heavy (non-hydrogen) atoms. The number of hydrogen-bond acceptors (Lipinski definition) is 2. The zero-order chi connectivity index (χ0) is 11.0. The lowest BCUT2D eigenvalue weighted by molar-refractivity contribution is 1.24. The number of fused-ring (bicyclic) bond motifs is 1. The Morgan fingerprint density at radius 1 is 1.47 bits per heavy atom. The highest BCUT2D eigenvalue weighted by molar-refractivity contribution is 6.35. The van der Waals surface area contributed by atoms with Crippen LogP contribution in [-0.4, -0.2) is 4.98 Å². The molecule has 0 bridgehead atoms. The molecule has 0 spiro atoms. The lowest BCUT2D eigenvalue weighted by Crippen LogP contribution is -2.12. The molecule has 0 radical (unpaired) electrons. The lowest BCUT2D eigenvalue weighted by Gasteiger charge is -2.04. The van der Waals surface area contributed by atoms with Crippen LogP contribution < -0.4 is 5.56 Å². The molecule has 0 amide bonds. The van der Waals surface area contributed by atoms with Crippen molar-refractivity contribution >= 4 is 22.5 Å². The zero-order valence-corrected chi connectivity index (χ0v) is 8.72. The van der Waals surface area contributed by atoms with Gasteiger partial charge in [0.05, 0.1) is 10.5 Å². The maximum atomic E-state index is 11.5. The number of aromatic nitrogens is 1. The summed E-state index contributed by atoms with van der Waals surface area (Å²) in [6.07, 6.45) is 0. The fourth-order valence-electron chi connectivity index (χ4n) is 1.62. The lowest BCUT2D eigenvalue weighted by atomic mass is 10.1. The van der Waals surface area contributed by atoms with E-state index in [0.717, 1.165) is 5.39 Å². The van der Waals surface area contributed by atoms with Gasteiger partial charge in [-0.2, -0.15) is 5.26 Å². The number of rotatable bonds is 0. The van der Waals surface area contributed by atoms with E-state index >= 15 is 0 Å². The fourth-order valence-corrected chi connectivity index (χ4v) is 1.94. The average molecular weight is 219 g/mol. The number of pyridine rings is 1. The minimum Gasteiger partial charge on any atom is -0.321 e. The third-order valence-corrected chi connectivity index (χ3v) is 2.67. The fraction of sp³-hybridized carbons (Fsp3) is 0.0909. The Morgan fingerprint density at radius 3 is 2.87 bits per heavy atom. The highest BCUT2D eigenvalue weighted by Crippen LogP contribution is 2.25. The first kappa shape index (κ1) is 9.75. The molecule has 0 aliphatic heterocycles. The van der Waals surface area contributed by atoms with Crippen LogP contribution in [0.1, 0.15) is 11.1 Å². The summed E-state index contributed by atoms with van der Waals surface area (Å²) < 4.78 is 0. The molecule has 2 aromatic rings. The predicted molar refractivity (Wildman–Crippen MR) is 59.0 cm³/mol. The van der Waals surface area contributed by atoms with Gasteiger partial charge in [-0.05, 0) is 24.6 Å². The Balaban J connectivity index is 3.08. The molecular formula is C11H7ClN2O. The quantitative estimate of drug-likeness (QED) is 0.738. The molecule has 3 nitrogen and oxygen atoms in total. The highest BCUT2D eigenvalue weighted by atomic mass is 35.5. The van der Waals surface area contributed by atoms with Gasteiger partial charge in [0.2, 0.25) is 0 Å². The van der Waals surface area contributed by atoms with Gasteiger partial charge in [-0.1, -0.05) is 17.7 Å². The SMILES string of the molecule is Cc1c(C#N)c(=O)[nH]c2cccc(Cl)c12. The van der Waals surface area contributed by atoms with Gasteiger partial charge in [0.25, 0.3) is 5.56 Å². The molecule has 0 saturated heterocycles. The number of nitrogens with one attached hydrogen (secondary N) is 1. The van der Waals surface area contributed by atoms with Gasteiger partial charge in [0.1, 0.15) is 11.6 Å². The Kier molecular flexibility index (Phi) is 2.22. The average Bonchev–Trinajstić information content (AvgIpc) is 2.17. The van der Waals surface area contributed by atoms with E-state index in [-0.39, 0.29) is 11.1 Å². The van der Waals surface area contributed by atoms with Crippen molar-refractivity contribution in [2.75, 3.05) is 0 Å². The number of benzene rings is 1. The molecule has 4 heteroatoms. The molecule has 1 N–H and O–H groups in total. The highest BCUT2D eigenvalue weighted by Gasteiger charge is 2.10. The number of H-pyrrole nitrogens is 1. The first-order chi connectivity index (χ1) is 7.15. The van der Waals surface area contributed by atoms with Crippen LogP contribution in [0.5, 0.6) is 0 Å². The molecule has 0 unspecified atom stereocenters. The van der Waals surface area contributed by atoms with Gasteiger partial charge in [-0.15, -0.1) is 0 Å². The number of hydrogen-bond donors (Lipinski definition) is 1. The minimum absolute atomic E-state index is 0.121. The second kappa shape index (κ2) is 3.41. The van der Waals surface area contributed by atoms with Crippen molar-refractivity contribution in [3.63, 3.8) is 0 Å². The van der Waals surface area contributed by atoms with Crippen LogP contribution >= 0.6 is 11.6 Å². The maximum Gasteiger partial charge on any atom is 0.266 e. The monoisotopic (exact) mass is 218 g/mol. The van der Waals surface area contributed by atoms with Gasteiger partial charge >= 0.3 is 0 Å². The molecule has 74 valence electrons. The molecule has 0 saturated carbocycles. The Morgan fingerprint density at radius 2 is 2.20 bits per heavy atom. The van der Waals surface area contributed by atoms with Crippen molar-refractivity contribution in [3.05, 3.63) is 44.7 Å². The molecule has 0 aliphatic rings. The largest absolute Gasteiger partial charge is 0.321 e. The van der Waals surface area contributed by atoms with E-state index in [2.05, 4.69) is 4.98 Å². The Labute approximate surface area is 90.9 Å². The van der Waals surface area contributed by atoms with Gasteiger partial charge < -0.3 is 4.98 Å². The van der Waals surface area contributed by atoms with E-state index < -0.39 is 0 Å². The number of aryl methyl sites for hydroxylation is 1. The summed E-state index contributed by atoms with van der Waals surface area (Å²) >= 11 is 6.01. The summed E-state index contributed by atoms with van der Waals surface area (Å²) in [5.74, 6) is 0. The number of nitrogens with zero attached hydrogens (tertiary/aromatic N) is 1. The number of halogens is 1. The van der Waals surface area contributed by atoms with Crippen LogP contribution in [0.15, 0.2) is 23.0 Å². The van der Waals surface area contributed by atoms with Crippen molar-refractivity contribution in [1.29, 1.82) is 5.26 Å². The summed E-state index contributed by atoms with van der Waals surface area (Å²) in [6.45, 7) is 1.72. The van der Waals surface area contributed by atoms with Crippen LogP contribution in [-0.2, 0) is 0 Å².